The number of aryl methyl sites for hydroxylation is 2. The van der Waals surface area contributed by atoms with E-state index in [0.717, 1.165) is 17.5 Å². The Hall–Kier alpha value is -3.19. The maximum atomic E-state index is 14.0. The number of carboxylic acid groups (broad SMARTS) is 1. The fourth-order valence-corrected chi connectivity index (χ4v) is 3.30. The lowest BCUT2D eigenvalue weighted by Gasteiger charge is -2.16. The van der Waals surface area contributed by atoms with Crippen molar-refractivity contribution in [2.45, 2.75) is 46.3 Å². The molecule has 0 spiro atoms. The van der Waals surface area contributed by atoms with Gasteiger partial charge in [-0.2, -0.15) is 0 Å². The highest BCUT2D eigenvalue weighted by Crippen LogP contribution is 2.26. The predicted molar refractivity (Wildman–Crippen MR) is 114 cm³/mol. The highest BCUT2D eigenvalue weighted by atomic mass is 19.1. The molecular weight excluding hydrogens is 401 g/mol. The van der Waals surface area contributed by atoms with Gasteiger partial charge >= 0.3 is 5.97 Å². The largest absolute Gasteiger partial charge is 0.487 e. The lowest BCUT2D eigenvalue weighted by atomic mass is 9.99. The van der Waals surface area contributed by atoms with E-state index in [4.69, 9.17) is 13.9 Å². The number of hydrogen-bond donors (Lipinski definition) is 1. The van der Waals surface area contributed by atoms with E-state index in [1.54, 1.807) is 38.1 Å². The van der Waals surface area contributed by atoms with E-state index < -0.39 is 17.9 Å². The summed E-state index contributed by atoms with van der Waals surface area (Å²) < 4.78 is 30.8. The Bertz CT molecular complexity index is 1050. The van der Waals surface area contributed by atoms with Gasteiger partial charge in [0, 0.05) is 13.0 Å². The van der Waals surface area contributed by atoms with Crippen molar-refractivity contribution in [3.05, 3.63) is 70.9 Å². The molecule has 0 unspecified atom stereocenters. The first kappa shape index (κ1) is 22.5. The van der Waals surface area contributed by atoms with Crippen molar-refractivity contribution in [3.63, 3.8) is 0 Å². The molecule has 0 radical (unpaired) electrons. The molecule has 0 aliphatic rings. The van der Waals surface area contributed by atoms with Crippen LogP contribution in [-0.2, 0) is 29.0 Å². The van der Waals surface area contributed by atoms with Crippen LogP contribution in [0.2, 0.25) is 0 Å². The van der Waals surface area contributed by atoms with Gasteiger partial charge in [0.15, 0.2) is 6.10 Å². The summed E-state index contributed by atoms with van der Waals surface area (Å²) in [6.45, 7) is 6.05. The summed E-state index contributed by atoms with van der Waals surface area (Å²) >= 11 is 0. The van der Waals surface area contributed by atoms with E-state index in [1.807, 2.05) is 19.1 Å². The fourth-order valence-electron chi connectivity index (χ4n) is 3.30. The van der Waals surface area contributed by atoms with E-state index in [9.17, 15) is 14.3 Å². The molecule has 0 fully saturated rings. The Morgan fingerprint density at radius 2 is 1.97 bits per heavy atom. The minimum Gasteiger partial charge on any atom is -0.487 e. The van der Waals surface area contributed by atoms with Gasteiger partial charge < -0.3 is 19.0 Å². The molecule has 1 heterocycles. The smallest absolute Gasteiger partial charge is 0.333 e. The monoisotopic (exact) mass is 427 g/mol. The summed E-state index contributed by atoms with van der Waals surface area (Å²) in [6, 6.07) is 11.9. The Labute approximate surface area is 180 Å². The highest BCUT2D eigenvalue weighted by molar-refractivity contribution is 5.72. The Balaban J connectivity index is 1.72. The number of hydrogen-bond acceptors (Lipinski definition) is 5. The van der Waals surface area contributed by atoms with Crippen molar-refractivity contribution >= 4 is 5.97 Å². The number of aliphatic carboxylic acids is 1. The molecular formula is C24H26FNO5. The van der Waals surface area contributed by atoms with Gasteiger partial charge in [-0.1, -0.05) is 25.1 Å². The van der Waals surface area contributed by atoms with Crippen LogP contribution in [0.5, 0.6) is 5.75 Å². The first-order valence-corrected chi connectivity index (χ1v) is 10.2. The highest BCUT2D eigenvalue weighted by Gasteiger charge is 2.20. The van der Waals surface area contributed by atoms with Crippen LogP contribution in [0.25, 0.3) is 11.5 Å². The average molecular weight is 427 g/mol. The molecule has 0 amide bonds. The van der Waals surface area contributed by atoms with Crippen molar-refractivity contribution in [1.82, 2.24) is 4.98 Å². The second-order valence-corrected chi connectivity index (χ2v) is 7.06. The van der Waals surface area contributed by atoms with Crippen molar-refractivity contribution in [1.29, 1.82) is 0 Å². The first-order chi connectivity index (χ1) is 14.9. The minimum absolute atomic E-state index is 0.170. The van der Waals surface area contributed by atoms with Crippen molar-refractivity contribution < 1.29 is 28.2 Å². The van der Waals surface area contributed by atoms with E-state index in [1.165, 1.54) is 6.07 Å². The Morgan fingerprint density at radius 3 is 2.65 bits per heavy atom. The van der Waals surface area contributed by atoms with Crippen molar-refractivity contribution in [2.24, 2.45) is 0 Å². The number of rotatable bonds is 10. The number of oxazole rings is 1. The van der Waals surface area contributed by atoms with Gasteiger partial charge in [0.25, 0.3) is 0 Å². The van der Waals surface area contributed by atoms with Crippen LogP contribution in [0, 0.1) is 12.7 Å². The molecule has 31 heavy (non-hydrogen) atoms. The fraction of sp³-hybridized carbons (Fsp3) is 0.333. The van der Waals surface area contributed by atoms with Gasteiger partial charge in [0.05, 0.1) is 5.56 Å². The van der Waals surface area contributed by atoms with E-state index >= 15 is 0 Å². The van der Waals surface area contributed by atoms with E-state index in [-0.39, 0.29) is 12.5 Å². The predicted octanol–water partition coefficient (Wildman–Crippen LogP) is 4.96. The summed E-state index contributed by atoms with van der Waals surface area (Å²) in [5.41, 5.74) is 2.79. The third kappa shape index (κ3) is 5.49. The van der Waals surface area contributed by atoms with Crippen molar-refractivity contribution in [2.75, 3.05) is 6.61 Å². The second-order valence-electron chi connectivity index (χ2n) is 7.06. The number of ether oxygens (including phenoxy) is 2. The number of halogens is 1. The molecule has 164 valence electrons. The van der Waals surface area contributed by atoms with Crippen LogP contribution in [0.15, 0.2) is 46.9 Å². The standard InChI is InChI=1S/C24H26FNO5/c1-4-16-12-18(11-10-17(16)13-22(24(27)28)29-5-2)30-14-21-15(3)31-23(26-21)19-8-6-7-9-20(19)25/h6-12,22H,4-5,13-14H2,1-3H3,(H,27,28)/t22-/m0/s1. The maximum absolute atomic E-state index is 14.0. The molecule has 6 nitrogen and oxygen atoms in total. The topological polar surface area (TPSA) is 81.8 Å². The summed E-state index contributed by atoms with van der Waals surface area (Å²) in [4.78, 5) is 15.8. The molecule has 3 rings (SSSR count). The van der Waals surface area contributed by atoms with Crippen LogP contribution < -0.4 is 4.74 Å². The Kier molecular flexibility index (Phi) is 7.41. The van der Waals surface area contributed by atoms with Crippen LogP contribution in [0.4, 0.5) is 4.39 Å². The lowest BCUT2D eigenvalue weighted by molar-refractivity contribution is -0.149. The first-order valence-electron chi connectivity index (χ1n) is 10.2. The molecule has 0 saturated carbocycles. The maximum Gasteiger partial charge on any atom is 0.333 e. The van der Waals surface area contributed by atoms with Gasteiger partial charge in [-0.3, -0.25) is 0 Å². The number of carbonyl (C=O) groups is 1. The van der Waals surface area contributed by atoms with Crippen LogP contribution in [-0.4, -0.2) is 28.8 Å². The molecule has 1 aromatic heterocycles. The van der Waals surface area contributed by atoms with Gasteiger partial charge in [0.1, 0.15) is 29.6 Å². The zero-order valence-electron chi connectivity index (χ0n) is 17.9. The molecule has 0 saturated heterocycles. The van der Waals surface area contributed by atoms with Gasteiger partial charge in [-0.05, 0) is 55.7 Å². The van der Waals surface area contributed by atoms with Gasteiger partial charge in [-0.15, -0.1) is 0 Å². The number of nitrogens with zero attached hydrogens (tertiary/aromatic N) is 1. The molecule has 0 bridgehead atoms. The van der Waals surface area contributed by atoms with Crippen LogP contribution in [0.3, 0.4) is 0 Å². The summed E-state index contributed by atoms with van der Waals surface area (Å²) in [6.07, 6.45) is 0.142. The lowest BCUT2D eigenvalue weighted by Crippen LogP contribution is -2.26. The number of benzene rings is 2. The summed E-state index contributed by atoms with van der Waals surface area (Å²) in [7, 11) is 0. The third-order valence-corrected chi connectivity index (χ3v) is 4.98. The normalized spacial score (nSPS) is 12.0. The quantitative estimate of drug-likeness (QED) is 0.492. The van der Waals surface area contributed by atoms with Gasteiger partial charge in [0.2, 0.25) is 5.89 Å². The summed E-state index contributed by atoms with van der Waals surface area (Å²) in [5, 5.41) is 9.33. The van der Waals surface area contributed by atoms with Gasteiger partial charge in [-0.25, -0.2) is 14.2 Å². The van der Waals surface area contributed by atoms with Crippen molar-refractivity contribution in [3.8, 4) is 17.2 Å². The SMILES string of the molecule is CCO[C@@H](Cc1ccc(OCc2nc(-c3ccccc3F)oc2C)cc1CC)C(=O)O. The third-order valence-electron chi connectivity index (χ3n) is 4.98. The summed E-state index contributed by atoms with van der Waals surface area (Å²) in [5.74, 6) is 0.0438. The molecule has 7 heteroatoms. The van der Waals surface area contributed by atoms with E-state index in [2.05, 4.69) is 4.98 Å². The van der Waals surface area contributed by atoms with Crippen LogP contribution in [0.1, 0.15) is 36.4 Å². The molecule has 1 N–H and O–H groups in total. The number of aromatic nitrogens is 1. The van der Waals surface area contributed by atoms with Crippen LogP contribution >= 0.6 is 0 Å². The number of carboxylic acids is 1. The molecule has 0 aliphatic heterocycles. The molecule has 2 aromatic carbocycles. The zero-order chi connectivity index (χ0) is 22.4. The Morgan fingerprint density at radius 1 is 1.19 bits per heavy atom. The average Bonchev–Trinajstić information content (AvgIpc) is 3.13. The molecule has 3 aromatic rings. The molecule has 0 aliphatic carbocycles. The second kappa shape index (κ2) is 10.2. The zero-order valence-corrected chi connectivity index (χ0v) is 17.9. The minimum atomic E-state index is -0.976. The van der Waals surface area contributed by atoms with E-state index in [0.29, 0.717) is 35.8 Å². The molecule has 1 atom stereocenters.